The van der Waals surface area contributed by atoms with Crippen LogP contribution in [0.15, 0.2) is 24.3 Å². The predicted molar refractivity (Wildman–Crippen MR) is 96.1 cm³/mol. The smallest absolute Gasteiger partial charge is 0.312 e. The first-order valence-corrected chi connectivity index (χ1v) is 8.69. The second-order valence-electron chi connectivity index (χ2n) is 6.94. The van der Waals surface area contributed by atoms with E-state index in [0.717, 1.165) is 18.4 Å². The standard InChI is InChI=1S/C17H23N7O2/c1-10(2)8-14(20-17(18)26)16(25)19-12-5-3-4-11(9-12)15-21-22-23-24(15)13-6-7-13/h3-5,9-10,13-14H,6-8H2,1-2H3,(H,19,25)(H3,18,20,26). The van der Waals surface area contributed by atoms with Crippen molar-refractivity contribution in [2.45, 2.75) is 45.2 Å². The molecule has 0 aliphatic heterocycles. The van der Waals surface area contributed by atoms with Gasteiger partial charge in [0, 0.05) is 11.3 Å². The Bertz CT molecular complexity index is 798. The van der Waals surface area contributed by atoms with E-state index >= 15 is 0 Å². The van der Waals surface area contributed by atoms with Crippen molar-refractivity contribution in [3.63, 3.8) is 0 Å². The highest BCUT2D eigenvalue weighted by molar-refractivity contribution is 5.97. The number of anilines is 1. The minimum Gasteiger partial charge on any atom is -0.352 e. The molecule has 26 heavy (non-hydrogen) atoms. The number of nitrogens with one attached hydrogen (secondary N) is 2. The summed E-state index contributed by atoms with van der Waals surface area (Å²) in [5.41, 5.74) is 6.62. The highest BCUT2D eigenvalue weighted by Gasteiger charge is 2.28. The molecular formula is C17H23N7O2. The number of nitrogens with zero attached hydrogens (tertiary/aromatic N) is 4. The fraction of sp³-hybridized carbons (Fsp3) is 0.471. The minimum atomic E-state index is -0.719. The molecule has 1 aliphatic rings. The Balaban J connectivity index is 1.76. The van der Waals surface area contributed by atoms with Crippen molar-refractivity contribution >= 4 is 17.6 Å². The zero-order chi connectivity index (χ0) is 18.7. The van der Waals surface area contributed by atoms with Crippen LogP contribution in [-0.2, 0) is 4.79 Å². The summed E-state index contributed by atoms with van der Waals surface area (Å²) in [6.07, 6.45) is 2.64. The SMILES string of the molecule is CC(C)CC(NC(N)=O)C(=O)Nc1cccc(-c2nnnn2C2CC2)c1. The Labute approximate surface area is 151 Å². The van der Waals surface area contributed by atoms with Crippen LogP contribution in [0.3, 0.4) is 0 Å². The van der Waals surface area contributed by atoms with Crippen molar-refractivity contribution < 1.29 is 9.59 Å². The number of rotatable bonds is 7. The molecule has 2 aromatic rings. The Morgan fingerprint density at radius 1 is 1.35 bits per heavy atom. The molecule has 1 aromatic carbocycles. The van der Waals surface area contributed by atoms with Crippen molar-refractivity contribution in [2.75, 3.05) is 5.32 Å². The molecule has 4 N–H and O–H groups in total. The molecule has 1 aliphatic carbocycles. The molecule has 1 fully saturated rings. The van der Waals surface area contributed by atoms with Crippen molar-refractivity contribution in [1.82, 2.24) is 25.5 Å². The molecule has 9 heteroatoms. The molecule has 1 saturated carbocycles. The van der Waals surface area contributed by atoms with Gasteiger partial charge in [-0.05, 0) is 47.7 Å². The lowest BCUT2D eigenvalue weighted by Crippen LogP contribution is -2.46. The van der Waals surface area contributed by atoms with E-state index in [1.54, 1.807) is 6.07 Å². The number of carbonyl (C=O) groups is 2. The van der Waals surface area contributed by atoms with Gasteiger partial charge >= 0.3 is 6.03 Å². The van der Waals surface area contributed by atoms with Crippen molar-refractivity contribution in [3.05, 3.63) is 24.3 Å². The maximum absolute atomic E-state index is 12.5. The van der Waals surface area contributed by atoms with Gasteiger partial charge in [-0.1, -0.05) is 26.0 Å². The summed E-state index contributed by atoms with van der Waals surface area (Å²) >= 11 is 0. The van der Waals surface area contributed by atoms with Crippen molar-refractivity contribution in [3.8, 4) is 11.4 Å². The van der Waals surface area contributed by atoms with Crippen LogP contribution in [0.4, 0.5) is 10.5 Å². The summed E-state index contributed by atoms with van der Waals surface area (Å²) in [6, 6.07) is 6.27. The van der Waals surface area contributed by atoms with E-state index in [4.69, 9.17) is 5.73 Å². The lowest BCUT2D eigenvalue weighted by molar-refractivity contribution is -0.118. The second kappa shape index (κ2) is 7.51. The number of amides is 3. The number of carbonyl (C=O) groups excluding carboxylic acids is 2. The van der Waals surface area contributed by atoms with Crippen LogP contribution in [0.25, 0.3) is 11.4 Å². The average Bonchev–Trinajstić information content (AvgIpc) is 3.30. The van der Waals surface area contributed by atoms with Crippen molar-refractivity contribution in [2.24, 2.45) is 11.7 Å². The Hall–Kier alpha value is -2.97. The van der Waals surface area contributed by atoms with Crippen LogP contribution in [0.5, 0.6) is 0 Å². The molecule has 9 nitrogen and oxygen atoms in total. The average molecular weight is 357 g/mol. The molecule has 1 aromatic heterocycles. The summed E-state index contributed by atoms with van der Waals surface area (Å²) < 4.78 is 1.82. The zero-order valence-corrected chi connectivity index (χ0v) is 14.8. The maximum atomic E-state index is 12.5. The highest BCUT2D eigenvalue weighted by atomic mass is 16.2. The van der Waals surface area contributed by atoms with Gasteiger partial charge in [0.25, 0.3) is 0 Å². The summed E-state index contributed by atoms with van der Waals surface area (Å²) in [6.45, 7) is 3.95. The Morgan fingerprint density at radius 2 is 2.12 bits per heavy atom. The van der Waals surface area contributed by atoms with E-state index < -0.39 is 12.1 Å². The lowest BCUT2D eigenvalue weighted by Gasteiger charge is -2.19. The van der Waals surface area contributed by atoms with Crippen LogP contribution in [0, 0.1) is 5.92 Å². The molecule has 0 radical (unpaired) electrons. The lowest BCUT2D eigenvalue weighted by atomic mass is 10.0. The molecule has 3 rings (SSSR count). The quantitative estimate of drug-likeness (QED) is 0.695. The van der Waals surface area contributed by atoms with Crippen LogP contribution in [0.1, 0.15) is 39.2 Å². The van der Waals surface area contributed by atoms with E-state index in [-0.39, 0.29) is 11.8 Å². The number of hydrogen-bond acceptors (Lipinski definition) is 5. The topological polar surface area (TPSA) is 128 Å². The van der Waals surface area contributed by atoms with Gasteiger partial charge in [0.2, 0.25) is 5.91 Å². The van der Waals surface area contributed by atoms with Crippen molar-refractivity contribution in [1.29, 1.82) is 0 Å². The van der Waals surface area contributed by atoms with Gasteiger partial charge < -0.3 is 16.4 Å². The maximum Gasteiger partial charge on any atom is 0.312 e. The fourth-order valence-corrected chi connectivity index (χ4v) is 2.79. The highest BCUT2D eigenvalue weighted by Crippen LogP contribution is 2.36. The Kier molecular flexibility index (Phi) is 5.15. The fourth-order valence-electron chi connectivity index (χ4n) is 2.79. The largest absolute Gasteiger partial charge is 0.352 e. The molecule has 1 heterocycles. The molecule has 0 saturated heterocycles. The van der Waals surface area contributed by atoms with Crippen LogP contribution >= 0.6 is 0 Å². The molecule has 138 valence electrons. The molecule has 0 spiro atoms. The zero-order valence-electron chi connectivity index (χ0n) is 14.8. The first kappa shape index (κ1) is 17.8. The third-order valence-electron chi connectivity index (χ3n) is 4.11. The van der Waals surface area contributed by atoms with E-state index in [9.17, 15) is 9.59 Å². The summed E-state index contributed by atoms with van der Waals surface area (Å²) in [5, 5.41) is 17.2. The summed E-state index contributed by atoms with van der Waals surface area (Å²) in [5.74, 6) is 0.598. The van der Waals surface area contributed by atoms with Crippen LogP contribution < -0.4 is 16.4 Å². The summed E-state index contributed by atoms with van der Waals surface area (Å²) in [4.78, 5) is 23.7. The molecular weight excluding hydrogens is 334 g/mol. The monoisotopic (exact) mass is 357 g/mol. The normalized spacial score (nSPS) is 14.9. The molecule has 3 amide bonds. The van der Waals surface area contributed by atoms with E-state index in [0.29, 0.717) is 24.0 Å². The van der Waals surface area contributed by atoms with E-state index in [1.807, 2.05) is 36.7 Å². The summed E-state index contributed by atoms with van der Waals surface area (Å²) in [7, 11) is 0. The van der Waals surface area contributed by atoms with E-state index in [2.05, 4.69) is 26.2 Å². The first-order chi connectivity index (χ1) is 12.4. The van der Waals surface area contributed by atoms with Crippen LogP contribution in [0.2, 0.25) is 0 Å². The number of primary amides is 1. The Morgan fingerprint density at radius 3 is 2.77 bits per heavy atom. The number of urea groups is 1. The third-order valence-corrected chi connectivity index (χ3v) is 4.11. The second-order valence-corrected chi connectivity index (χ2v) is 6.94. The van der Waals surface area contributed by atoms with Gasteiger partial charge in [-0.3, -0.25) is 4.79 Å². The number of aromatic nitrogens is 4. The van der Waals surface area contributed by atoms with Gasteiger partial charge in [-0.15, -0.1) is 5.10 Å². The predicted octanol–water partition coefficient (Wildman–Crippen LogP) is 1.70. The van der Waals surface area contributed by atoms with Gasteiger partial charge in [0.05, 0.1) is 6.04 Å². The third kappa shape index (κ3) is 4.35. The minimum absolute atomic E-state index is 0.229. The number of nitrogens with two attached hydrogens (primary N) is 1. The van der Waals surface area contributed by atoms with Gasteiger partial charge in [-0.2, -0.15) is 0 Å². The van der Waals surface area contributed by atoms with Gasteiger partial charge in [-0.25, -0.2) is 9.48 Å². The molecule has 0 bridgehead atoms. The molecule has 1 unspecified atom stereocenters. The number of hydrogen-bond donors (Lipinski definition) is 3. The van der Waals surface area contributed by atoms with Crippen LogP contribution in [-0.4, -0.2) is 38.2 Å². The first-order valence-electron chi connectivity index (χ1n) is 8.69. The van der Waals surface area contributed by atoms with Gasteiger partial charge in [0.1, 0.15) is 6.04 Å². The van der Waals surface area contributed by atoms with E-state index in [1.165, 1.54) is 0 Å². The number of benzene rings is 1. The van der Waals surface area contributed by atoms with Gasteiger partial charge in [0.15, 0.2) is 5.82 Å². The number of tetrazole rings is 1. The molecule has 1 atom stereocenters.